The normalized spacial score (nSPS) is 10.6. The summed E-state index contributed by atoms with van der Waals surface area (Å²) in [4.78, 5) is 11.7. The lowest BCUT2D eigenvalue weighted by Gasteiger charge is -2.01. The van der Waals surface area contributed by atoms with Gasteiger partial charge >= 0.3 is 0 Å². The number of aliphatic hydroxyl groups excluding tert-OH is 1. The number of carbonyl (C=O) groups is 1. The Balaban J connectivity index is 2.37. The number of aromatic nitrogens is 2. The van der Waals surface area contributed by atoms with E-state index in [4.69, 9.17) is 10.8 Å². The first-order valence-electron chi connectivity index (χ1n) is 4.84. The molecular weight excluding hydrogens is 208 g/mol. The van der Waals surface area contributed by atoms with Gasteiger partial charge in [0, 0.05) is 18.4 Å². The fraction of sp³-hybridized carbons (Fsp3) is 0.200. The van der Waals surface area contributed by atoms with Crippen LogP contribution in [-0.2, 0) is 0 Å². The first kappa shape index (κ1) is 10.4. The zero-order valence-electron chi connectivity index (χ0n) is 8.55. The third kappa shape index (κ3) is 1.82. The molecule has 2 aromatic heterocycles. The Kier molecular flexibility index (Phi) is 2.74. The molecule has 84 valence electrons. The summed E-state index contributed by atoms with van der Waals surface area (Å²) in [5, 5.41) is 15.2. The summed E-state index contributed by atoms with van der Waals surface area (Å²) >= 11 is 0. The van der Waals surface area contributed by atoms with Gasteiger partial charge in [-0.05, 0) is 12.1 Å². The van der Waals surface area contributed by atoms with Crippen LogP contribution in [0.1, 0.15) is 10.4 Å². The smallest absolute Gasteiger partial charge is 0.255 e. The van der Waals surface area contributed by atoms with E-state index in [0.29, 0.717) is 16.8 Å². The quantitative estimate of drug-likeness (QED) is 0.658. The predicted octanol–water partition coefficient (Wildman–Crippen LogP) is -0.361. The standard InChI is InChI=1S/C10H12N4O2/c11-7-1-3-14-9(5-7)8(6-13-14)10(16)12-2-4-15/h1,3,5-6,15H,2,4,11H2,(H,12,16). The molecule has 1 amide bonds. The van der Waals surface area contributed by atoms with Gasteiger partial charge in [-0.25, -0.2) is 4.52 Å². The number of amides is 1. The van der Waals surface area contributed by atoms with E-state index in [1.54, 1.807) is 22.8 Å². The molecule has 0 atom stereocenters. The second-order valence-electron chi connectivity index (χ2n) is 3.33. The highest BCUT2D eigenvalue weighted by atomic mass is 16.3. The zero-order chi connectivity index (χ0) is 11.5. The summed E-state index contributed by atoms with van der Waals surface area (Å²) in [6.45, 7) is 0.131. The Morgan fingerprint density at radius 3 is 3.19 bits per heavy atom. The van der Waals surface area contributed by atoms with Crippen molar-refractivity contribution in [3.63, 3.8) is 0 Å². The summed E-state index contributed by atoms with van der Waals surface area (Å²) in [6, 6.07) is 3.39. The maximum absolute atomic E-state index is 11.7. The van der Waals surface area contributed by atoms with Crippen molar-refractivity contribution in [2.45, 2.75) is 0 Å². The van der Waals surface area contributed by atoms with Crippen LogP contribution < -0.4 is 11.1 Å². The van der Waals surface area contributed by atoms with Crippen LogP contribution in [0.25, 0.3) is 5.52 Å². The number of carbonyl (C=O) groups excluding carboxylic acids is 1. The molecule has 2 heterocycles. The lowest BCUT2D eigenvalue weighted by atomic mass is 10.2. The maximum Gasteiger partial charge on any atom is 0.255 e. The number of rotatable bonds is 3. The van der Waals surface area contributed by atoms with Crippen LogP contribution >= 0.6 is 0 Å². The Morgan fingerprint density at radius 2 is 2.44 bits per heavy atom. The Bertz CT molecular complexity index is 521. The van der Waals surface area contributed by atoms with E-state index < -0.39 is 0 Å². The molecule has 6 nitrogen and oxygen atoms in total. The number of nitrogens with one attached hydrogen (secondary N) is 1. The number of anilines is 1. The molecule has 0 aliphatic heterocycles. The summed E-state index contributed by atoms with van der Waals surface area (Å²) in [5.74, 6) is -0.269. The molecular formula is C10H12N4O2. The molecule has 0 aromatic carbocycles. The van der Waals surface area contributed by atoms with Gasteiger partial charge in [0.1, 0.15) is 0 Å². The summed E-state index contributed by atoms with van der Waals surface area (Å²) in [5.41, 5.74) is 7.31. The predicted molar refractivity (Wildman–Crippen MR) is 59.0 cm³/mol. The van der Waals surface area contributed by atoms with Gasteiger partial charge in [0.2, 0.25) is 0 Å². The fourth-order valence-electron chi connectivity index (χ4n) is 1.44. The Morgan fingerprint density at radius 1 is 1.62 bits per heavy atom. The van der Waals surface area contributed by atoms with Crippen LogP contribution in [0.15, 0.2) is 24.5 Å². The largest absolute Gasteiger partial charge is 0.399 e. The second kappa shape index (κ2) is 4.19. The number of hydrogen-bond acceptors (Lipinski definition) is 4. The number of nitrogen functional groups attached to an aromatic ring is 1. The number of hydrogen-bond donors (Lipinski definition) is 3. The third-order valence-corrected chi connectivity index (χ3v) is 2.19. The van der Waals surface area contributed by atoms with Crippen LogP contribution in [-0.4, -0.2) is 33.8 Å². The topological polar surface area (TPSA) is 92.7 Å². The Hall–Kier alpha value is -2.08. The first-order chi connectivity index (χ1) is 7.72. The van der Waals surface area contributed by atoms with Gasteiger partial charge in [0.05, 0.1) is 23.9 Å². The van der Waals surface area contributed by atoms with E-state index >= 15 is 0 Å². The van der Waals surface area contributed by atoms with Gasteiger partial charge in [-0.15, -0.1) is 0 Å². The molecule has 0 saturated heterocycles. The number of nitrogens with zero attached hydrogens (tertiary/aromatic N) is 2. The highest BCUT2D eigenvalue weighted by Crippen LogP contribution is 2.13. The van der Waals surface area contributed by atoms with Gasteiger partial charge in [0.15, 0.2) is 0 Å². The van der Waals surface area contributed by atoms with E-state index in [0.717, 1.165) is 0 Å². The molecule has 0 spiro atoms. The van der Waals surface area contributed by atoms with Crippen molar-refractivity contribution in [2.24, 2.45) is 0 Å². The molecule has 0 saturated carbocycles. The molecule has 0 radical (unpaired) electrons. The van der Waals surface area contributed by atoms with E-state index in [-0.39, 0.29) is 19.1 Å². The van der Waals surface area contributed by atoms with Crippen LogP contribution in [0, 0.1) is 0 Å². The van der Waals surface area contributed by atoms with Crippen LogP contribution in [0.3, 0.4) is 0 Å². The van der Waals surface area contributed by atoms with Crippen molar-refractivity contribution in [1.29, 1.82) is 0 Å². The van der Waals surface area contributed by atoms with Crippen molar-refractivity contribution >= 4 is 17.1 Å². The lowest BCUT2D eigenvalue weighted by Crippen LogP contribution is -2.26. The van der Waals surface area contributed by atoms with Gasteiger partial charge in [-0.2, -0.15) is 5.10 Å². The number of fused-ring (bicyclic) bond motifs is 1. The van der Waals surface area contributed by atoms with Crippen molar-refractivity contribution < 1.29 is 9.90 Å². The van der Waals surface area contributed by atoms with Crippen molar-refractivity contribution in [1.82, 2.24) is 14.9 Å². The van der Waals surface area contributed by atoms with Gasteiger partial charge < -0.3 is 16.2 Å². The Labute approximate surface area is 91.7 Å². The highest BCUT2D eigenvalue weighted by molar-refractivity contribution is 6.00. The van der Waals surface area contributed by atoms with Gasteiger partial charge in [0.25, 0.3) is 5.91 Å². The minimum absolute atomic E-state index is 0.0902. The van der Waals surface area contributed by atoms with Gasteiger partial charge in [-0.3, -0.25) is 4.79 Å². The summed E-state index contributed by atoms with van der Waals surface area (Å²) < 4.78 is 1.57. The van der Waals surface area contributed by atoms with E-state index in [1.165, 1.54) is 6.20 Å². The lowest BCUT2D eigenvalue weighted by molar-refractivity contribution is 0.0946. The molecule has 16 heavy (non-hydrogen) atoms. The highest BCUT2D eigenvalue weighted by Gasteiger charge is 2.11. The van der Waals surface area contributed by atoms with Crippen LogP contribution in [0.4, 0.5) is 5.69 Å². The monoisotopic (exact) mass is 220 g/mol. The molecule has 0 aliphatic rings. The SMILES string of the molecule is Nc1ccn2ncc(C(=O)NCCO)c2c1. The first-order valence-corrected chi connectivity index (χ1v) is 4.84. The summed E-state index contributed by atoms with van der Waals surface area (Å²) in [7, 11) is 0. The summed E-state index contributed by atoms with van der Waals surface area (Å²) in [6.07, 6.45) is 3.16. The van der Waals surface area contributed by atoms with E-state index in [2.05, 4.69) is 10.4 Å². The molecule has 4 N–H and O–H groups in total. The zero-order valence-corrected chi connectivity index (χ0v) is 8.55. The van der Waals surface area contributed by atoms with Crippen LogP contribution in [0.2, 0.25) is 0 Å². The minimum atomic E-state index is -0.269. The number of pyridine rings is 1. The molecule has 0 unspecified atom stereocenters. The van der Waals surface area contributed by atoms with Crippen LogP contribution in [0.5, 0.6) is 0 Å². The van der Waals surface area contributed by atoms with E-state index in [1.807, 2.05) is 0 Å². The maximum atomic E-state index is 11.7. The van der Waals surface area contributed by atoms with Gasteiger partial charge in [-0.1, -0.05) is 0 Å². The van der Waals surface area contributed by atoms with Crippen molar-refractivity contribution in [3.8, 4) is 0 Å². The average Bonchev–Trinajstić information content (AvgIpc) is 2.68. The molecule has 0 bridgehead atoms. The fourth-order valence-corrected chi connectivity index (χ4v) is 1.44. The molecule has 2 rings (SSSR count). The average molecular weight is 220 g/mol. The van der Waals surface area contributed by atoms with E-state index in [9.17, 15) is 4.79 Å². The molecule has 0 aliphatic carbocycles. The van der Waals surface area contributed by atoms with Crippen molar-refractivity contribution in [3.05, 3.63) is 30.1 Å². The minimum Gasteiger partial charge on any atom is -0.399 e. The number of aliphatic hydroxyl groups is 1. The third-order valence-electron chi connectivity index (χ3n) is 2.19. The second-order valence-corrected chi connectivity index (χ2v) is 3.33. The van der Waals surface area contributed by atoms with Crippen molar-refractivity contribution in [2.75, 3.05) is 18.9 Å². The molecule has 2 aromatic rings. The number of nitrogens with two attached hydrogens (primary N) is 1. The molecule has 6 heteroatoms. The molecule has 0 fully saturated rings.